The first-order valence-electron chi connectivity index (χ1n) is 14.6. The van der Waals surface area contributed by atoms with Crippen LogP contribution >= 0.6 is 0 Å². The number of hydrogen-bond acceptors (Lipinski definition) is 8. The van der Waals surface area contributed by atoms with Gasteiger partial charge in [0.2, 0.25) is 5.91 Å². The summed E-state index contributed by atoms with van der Waals surface area (Å²) in [5.74, 6) is -3.28. The Labute approximate surface area is 248 Å². The molecule has 11 heteroatoms. The number of aromatic nitrogens is 3. The molecule has 0 aliphatic carbocycles. The Bertz CT molecular complexity index is 1640. The summed E-state index contributed by atoms with van der Waals surface area (Å²) in [5.41, 5.74) is -0.250. The van der Waals surface area contributed by atoms with Crippen molar-refractivity contribution in [1.29, 1.82) is 0 Å². The number of aliphatic hydroxyl groups is 1. The van der Waals surface area contributed by atoms with Gasteiger partial charge in [0, 0.05) is 6.54 Å². The summed E-state index contributed by atoms with van der Waals surface area (Å²) >= 11 is 0. The molecule has 43 heavy (non-hydrogen) atoms. The molecule has 6 atom stereocenters. The average molecular weight is 584 g/mol. The van der Waals surface area contributed by atoms with E-state index in [1.165, 1.54) is 4.90 Å². The maximum Gasteiger partial charge on any atom is 0.313 e. The molecule has 3 aromatic rings. The lowest BCUT2D eigenvalue weighted by molar-refractivity contribution is -0.162. The minimum Gasteiger partial charge on any atom is -0.465 e. The molecule has 222 valence electrons. The Morgan fingerprint density at radius 1 is 1.00 bits per heavy atom. The van der Waals surface area contributed by atoms with Crippen molar-refractivity contribution in [2.45, 2.75) is 49.7 Å². The van der Waals surface area contributed by atoms with Gasteiger partial charge in [-0.3, -0.25) is 14.4 Å². The summed E-state index contributed by atoms with van der Waals surface area (Å²) in [7, 11) is 0. The molecule has 0 bridgehead atoms. The predicted molar refractivity (Wildman–Crippen MR) is 154 cm³/mol. The van der Waals surface area contributed by atoms with Gasteiger partial charge in [-0.1, -0.05) is 72.0 Å². The number of carbonyl (C=O) groups is 3. The van der Waals surface area contributed by atoms with Crippen molar-refractivity contribution in [2.24, 2.45) is 11.8 Å². The van der Waals surface area contributed by atoms with E-state index >= 15 is 0 Å². The van der Waals surface area contributed by atoms with Gasteiger partial charge in [-0.2, -0.15) is 0 Å². The monoisotopic (exact) mass is 583 g/mol. The van der Waals surface area contributed by atoms with Crippen molar-refractivity contribution in [1.82, 2.24) is 24.8 Å². The van der Waals surface area contributed by atoms with Crippen molar-refractivity contribution in [2.75, 3.05) is 19.8 Å². The number of hydrogen-bond donors (Lipinski definition) is 1. The summed E-state index contributed by atoms with van der Waals surface area (Å²) in [6.45, 7) is 1.92. The third kappa shape index (κ3) is 4.29. The minimum absolute atomic E-state index is 0.0914. The normalized spacial score (nSPS) is 30.8. The van der Waals surface area contributed by atoms with Crippen LogP contribution in [0.1, 0.15) is 18.9 Å². The number of carbonyl (C=O) groups excluding carboxylic acids is 3. The summed E-state index contributed by atoms with van der Waals surface area (Å²) in [6.07, 6.45) is 8.17. The van der Waals surface area contributed by atoms with E-state index in [1.807, 2.05) is 72.8 Å². The number of amides is 2. The van der Waals surface area contributed by atoms with E-state index in [0.717, 1.165) is 11.1 Å². The van der Waals surface area contributed by atoms with E-state index in [9.17, 15) is 19.5 Å². The molecule has 4 aliphatic heterocycles. The Kier molecular flexibility index (Phi) is 6.66. The molecule has 0 radical (unpaired) electrons. The lowest BCUT2D eigenvalue weighted by Crippen LogP contribution is -2.59. The predicted octanol–water partition coefficient (Wildman–Crippen LogP) is 1.86. The van der Waals surface area contributed by atoms with E-state index in [0.29, 0.717) is 18.4 Å². The van der Waals surface area contributed by atoms with Crippen molar-refractivity contribution in [3.63, 3.8) is 0 Å². The van der Waals surface area contributed by atoms with Crippen molar-refractivity contribution >= 4 is 28.8 Å². The van der Waals surface area contributed by atoms with Crippen LogP contribution in [0.3, 0.4) is 0 Å². The number of fused-ring (bicyclic) bond motifs is 3. The topological polar surface area (TPSA) is 127 Å². The van der Waals surface area contributed by atoms with Crippen LogP contribution in [-0.4, -0.2) is 90.7 Å². The number of ether oxygens (including phenoxy) is 2. The summed E-state index contributed by atoms with van der Waals surface area (Å²) in [6, 6.07) is 15.1. The summed E-state index contributed by atoms with van der Waals surface area (Å²) in [4.78, 5) is 45.9. The van der Waals surface area contributed by atoms with Crippen LogP contribution in [0.4, 0.5) is 0 Å². The lowest BCUT2D eigenvalue weighted by atomic mass is 9.74. The number of nitrogens with zero attached hydrogens (tertiary/aromatic N) is 5. The van der Waals surface area contributed by atoms with Crippen LogP contribution in [0.2, 0.25) is 0 Å². The van der Waals surface area contributed by atoms with E-state index in [1.54, 1.807) is 22.6 Å². The second-order valence-electron chi connectivity index (χ2n) is 11.8. The molecule has 5 heterocycles. The molecule has 2 aromatic carbocycles. The van der Waals surface area contributed by atoms with Crippen molar-refractivity contribution in [3.05, 3.63) is 84.5 Å². The van der Waals surface area contributed by atoms with Crippen LogP contribution in [0.25, 0.3) is 11.0 Å². The second-order valence-corrected chi connectivity index (χ2v) is 11.8. The lowest BCUT2D eigenvalue weighted by Gasteiger charge is -2.40. The van der Waals surface area contributed by atoms with Crippen LogP contribution in [0.15, 0.2) is 78.9 Å². The maximum absolute atomic E-state index is 14.7. The first-order chi connectivity index (χ1) is 20.9. The first-order valence-corrected chi connectivity index (χ1v) is 14.6. The van der Waals surface area contributed by atoms with Gasteiger partial charge in [-0.05, 0) is 37.5 Å². The third-order valence-electron chi connectivity index (χ3n) is 9.18. The number of esters is 1. The fourth-order valence-corrected chi connectivity index (χ4v) is 7.32. The van der Waals surface area contributed by atoms with Crippen LogP contribution in [0, 0.1) is 11.8 Å². The Balaban J connectivity index is 1.33. The third-order valence-corrected chi connectivity index (χ3v) is 9.18. The van der Waals surface area contributed by atoms with E-state index in [2.05, 4.69) is 10.3 Å². The highest BCUT2D eigenvalue weighted by Gasteiger charge is 2.75. The average Bonchev–Trinajstić information content (AvgIpc) is 3.57. The van der Waals surface area contributed by atoms with Gasteiger partial charge in [0.1, 0.15) is 29.7 Å². The molecule has 1 N–H and O–H groups in total. The largest absolute Gasteiger partial charge is 0.465 e. The second kappa shape index (κ2) is 10.4. The maximum atomic E-state index is 14.7. The van der Waals surface area contributed by atoms with Crippen LogP contribution in [0.5, 0.6) is 0 Å². The number of cyclic esters (lactones) is 1. The Morgan fingerprint density at radius 2 is 1.79 bits per heavy atom. The quantitative estimate of drug-likeness (QED) is 0.344. The fraction of sp³-hybridized carbons (Fsp3) is 0.406. The highest BCUT2D eigenvalue weighted by atomic mass is 16.6. The number of likely N-dealkylation sites (tertiary alicyclic amines) is 1. The Hall–Kier alpha value is -4.35. The van der Waals surface area contributed by atoms with Gasteiger partial charge in [0.05, 0.1) is 36.3 Å². The molecule has 1 aromatic heterocycles. The molecule has 2 amide bonds. The molecular formula is C32H33N5O6. The molecule has 0 saturated carbocycles. The molecule has 11 nitrogen and oxygen atoms in total. The van der Waals surface area contributed by atoms with Crippen LogP contribution < -0.4 is 0 Å². The SMILES string of the molecule is C[C@]12C=CCCOC(=O)[C@H]1[C@H]1C(=O)N([C@@H](CO)Cc3ccccc3)C3C(=O)N(Cn4nnc5ccccc54)CC=C[C@@]31O2. The van der Waals surface area contributed by atoms with Gasteiger partial charge >= 0.3 is 5.97 Å². The highest BCUT2D eigenvalue weighted by Crippen LogP contribution is 2.57. The fourth-order valence-electron chi connectivity index (χ4n) is 7.32. The zero-order chi connectivity index (χ0) is 29.8. The van der Waals surface area contributed by atoms with E-state index in [4.69, 9.17) is 9.47 Å². The Morgan fingerprint density at radius 3 is 2.60 bits per heavy atom. The number of benzene rings is 2. The zero-order valence-electron chi connectivity index (χ0n) is 23.8. The molecule has 2 fully saturated rings. The van der Waals surface area contributed by atoms with Crippen LogP contribution in [-0.2, 0) is 36.9 Å². The van der Waals surface area contributed by atoms with Gasteiger partial charge in [-0.15, -0.1) is 5.10 Å². The van der Waals surface area contributed by atoms with E-state index < -0.39 is 47.0 Å². The van der Waals surface area contributed by atoms with Gasteiger partial charge in [-0.25, -0.2) is 4.68 Å². The number of rotatable bonds is 6. The highest BCUT2D eigenvalue weighted by molar-refractivity contribution is 5.99. The summed E-state index contributed by atoms with van der Waals surface area (Å²) < 4.78 is 14.0. The van der Waals surface area contributed by atoms with Gasteiger partial charge < -0.3 is 24.4 Å². The molecule has 1 unspecified atom stereocenters. The van der Waals surface area contributed by atoms with Gasteiger partial charge in [0.25, 0.3) is 5.91 Å². The first kappa shape index (κ1) is 27.5. The van der Waals surface area contributed by atoms with Crippen molar-refractivity contribution in [3.8, 4) is 0 Å². The van der Waals surface area contributed by atoms with E-state index in [-0.39, 0.29) is 32.3 Å². The molecule has 2 saturated heterocycles. The molecular weight excluding hydrogens is 550 g/mol. The number of para-hydroxylation sites is 1. The van der Waals surface area contributed by atoms with Crippen molar-refractivity contribution < 1.29 is 29.0 Å². The summed E-state index contributed by atoms with van der Waals surface area (Å²) in [5, 5.41) is 19.2. The standard InChI is InChI=1S/C32H33N5O6/c1-31-14-7-8-17-42-30(41)26(31)25-28(39)37(22(19-38)18-21-10-3-2-4-11-21)27-29(40)35(16-9-15-32(25,27)43-31)20-36-24-13-6-5-12-23(24)33-34-36/h2-7,9-15,22,25-27,38H,8,16-20H2,1H3/t22-,25+,26-,27?,31+,32+/m1/s1. The molecule has 4 aliphatic rings. The number of aliphatic hydroxyl groups excluding tert-OH is 1. The smallest absolute Gasteiger partial charge is 0.313 e. The van der Waals surface area contributed by atoms with Gasteiger partial charge in [0.15, 0.2) is 0 Å². The minimum atomic E-state index is -1.45. The zero-order valence-corrected chi connectivity index (χ0v) is 23.8. The molecule has 1 spiro atoms. The molecule has 7 rings (SSSR count).